The number of Topliss-reactive ketones (excluding diaryl/α,β-unsaturated/α-hetero) is 1. The summed E-state index contributed by atoms with van der Waals surface area (Å²) >= 11 is 0. The number of rotatable bonds is 5. The Morgan fingerprint density at radius 3 is 2.50 bits per heavy atom. The Hall–Kier alpha value is 0.0919. The van der Waals surface area contributed by atoms with Crippen molar-refractivity contribution in [2.75, 3.05) is 13.6 Å². The van der Waals surface area contributed by atoms with Gasteiger partial charge in [-0.25, -0.2) is 0 Å². The van der Waals surface area contributed by atoms with E-state index in [1.165, 1.54) is 0 Å². The largest absolute Gasteiger partial charge is 2.00 e. The van der Waals surface area contributed by atoms with Gasteiger partial charge in [-0.2, -0.15) is 6.42 Å². The zero-order valence-corrected chi connectivity index (χ0v) is 11.5. The molecule has 2 N–H and O–H groups in total. The molecule has 0 spiro atoms. The van der Waals surface area contributed by atoms with E-state index in [-0.39, 0.29) is 36.9 Å². The standard InChI is InChI=1S/C6H11N2O.C2H3.U/c1-8-5-6(9)3-2-4-7;1-2;/h7-8H,2-3,5H2,1H3;1H,2H2;/q2*-1;+2. The Kier molecular flexibility index (Phi) is 25.9. The van der Waals surface area contributed by atoms with E-state index < -0.39 is 0 Å². The fourth-order valence-corrected chi connectivity index (χ4v) is 0.487. The van der Waals surface area contributed by atoms with Crippen molar-refractivity contribution in [1.29, 1.82) is 5.41 Å². The molecule has 0 aliphatic carbocycles. The first kappa shape index (κ1) is 18.0. The Bertz CT molecular complexity index is 118. The SMILES string of the molecule is CNCC(=O)CC[C-]=N.[CH-]=C.[U+2]. The fraction of sp³-hybridized carbons (Fsp3) is 0.500. The van der Waals surface area contributed by atoms with Crippen molar-refractivity contribution in [1.82, 2.24) is 5.32 Å². The maximum atomic E-state index is 10.6. The molecule has 0 aromatic heterocycles. The molecule has 0 aromatic carbocycles. The van der Waals surface area contributed by atoms with Crippen molar-refractivity contribution in [3.63, 3.8) is 0 Å². The molecule has 66 valence electrons. The predicted octanol–water partition coefficient (Wildman–Crippen LogP) is 0.687. The van der Waals surface area contributed by atoms with Crippen LogP contribution in [0, 0.1) is 43.1 Å². The van der Waals surface area contributed by atoms with E-state index >= 15 is 0 Å². The van der Waals surface area contributed by atoms with Crippen LogP contribution in [0.5, 0.6) is 0 Å². The maximum absolute atomic E-state index is 10.6. The summed E-state index contributed by atoms with van der Waals surface area (Å²) in [6.07, 6.45) is 3.04. The average Bonchev–Trinajstić information content (AvgIpc) is 2.05. The predicted molar refractivity (Wildman–Crippen MR) is 45.8 cm³/mol. The van der Waals surface area contributed by atoms with E-state index in [0.717, 1.165) is 0 Å². The summed E-state index contributed by atoms with van der Waals surface area (Å²) < 4.78 is 0. The van der Waals surface area contributed by atoms with E-state index in [2.05, 4.69) is 24.7 Å². The molecular weight excluding hydrogens is 378 g/mol. The zero-order valence-electron chi connectivity index (χ0n) is 7.31. The molecule has 3 nitrogen and oxygen atoms in total. The van der Waals surface area contributed by atoms with Gasteiger partial charge < -0.3 is 23.5 Å². The van der Waals surface area contributed by atoms with Gasteiger partial charge in [0.1, 0.15) is 5.78 Å². The molecule has 0 atom stereocenters. The van der Waals surface area contributed by atoms with Gasteiger partial charge in [0.05, 0.1) is 6.54 Å². The number of hydrogen-bond donors (Lipinski definition) is 2. The van der Waals surface area contributed by atoms with Gasteiger partial charge >= 0.3 is 31.1 Å². The van der Waals surface area contributed by atoms with Crippen LogP contribution >= 0.6 is 0 Å². The van der Waals surface area contributed by atoms with Gasteiger partial charge in [0.25, 0.3) is 0 Å². The second kappa shape index (κ2) is 17.3. The van der Waals surface area contributed by atoms with Crippen LogP contribution in [0.1, 0.15) is 12.8 Å². The van der Waals surface area contributed by atoms with E-state index in [4.69, 9.17) is 5.41 Å². The molecule has 0 unspecified atom stereocenters. The van der Waals surface area contributed by atoms with Crippen molar-refractivity contribution in [2.24, 2.45) is 0 Å². The molecule has 12 heavy (non-hydrogen) atoms. The third kappa shape index (κ3) is 16.6. The number of carbonyl (C=O) groups is 1. The molecule has 0 rings (SSSR count). The maximum Gasteiger partial charge on any atom is 2.00 e. The van der Waals surface area contributed by atoms with Gasteiger partial charge in [0.2, 0.25) is 0 Å². The minimum absolute atomic E-state index is 0. The monoisotopic (exact) mass is 392 g/mol. The minimum atomic E-state index is 0. The summed E-state index contributed by atoms with van der Waals surface area (Å²) in [5, 5.41) is 9.24. The normalized spacial score (nSPS) is 7.08. The molecule has 0 amide bonds. The van der Waals surface area contributed by atoms with Crippen molar-refractivity contribution in [3.05, 3.63) is 13.2 Å². The van der Waals surface area contributed by atoms with Gasteiger partial charge in [-0.1, -0.05) is 0 Å². The molecule has 0 saturated carbocycles. The Balaban J connectivity index is -0.000000249. The van der Waals surface area contributed by atoms with Crippen LogP contribution in [-0.4, -0.2) is 25.6 Å². The van der Waals surface area contributed by atoms with Crippen molar-refractivity contribution in [2.45, 2.75) is 12.8 Å². The Morgan fingerprint density at radius 2 is 2.17 bits per heavy atom. The molecule has 0 fully saturated rings. The minimum Gasteiger partial charge on any atom is -0.521 e. The second-order valence-corrected chi connectivity index (χ2v) is 1.75. The third-order valence-electron chi connectivity index (χ3n) is 0.903. The first-order chi connectivity index (χ1) is 5.31. The molecule has 0 bridgehead atoms. The van der Waals surface area contributed by atoms with Crippen molar-refractivity contribution in [3.8, 4) is 0 Å². The summed E-state index contributed by atoms with van der Waals surface area (Å²) in [5.41, 5.74) is 0. The van der Waals surface area contributed by atoms with E-state index in [0.29, 0.717) is 19.4 Å². The number of nitrogens with one attached hydrogen (secondary N) is 2. The van der Waals surface area contributed by atoms with Crippen LogP contribution in [0.2, 0.25) is 0 Å². The topological polar surface area (TPSA) is 53.0 Å². The average molecular weight is 392 g/mol. The molecule has 4 heteroatoms. The first-order valence-electron chi connectivity index (χ1n) is 3.28. The summed E-state index contributed by atoms with van der Waals surface area (Å²) in [7, 11) is 1.73. The number of ketones is 1. The van der Waals surface area contributed by atoms with Gasteiger partial charge in [0.15, 0.2) is 0 Å². The smallest absolute Gasteiger partial charge is 0.521 e. The van der Waals surface area contributed by atoms with Crippen LogP contribution in [0.15, 0.2) is 6.58 Å². The van der Waals surface area contributed by atoms with Crippen LogP contribution in [-0.2, 0) is 4.79 Å². The summed E-state index contributed by atoms with van der Waals surface area (Å²) in [6, 6.07) is 0. The van der Waals surface area contributed by atoms with E-state index in [1.807, 2.05) is 0 Å². The molecule has 0 aliphatic heterocycles. The first-order valence-corrected chi connectivity index (χ1v) is 3.28. The third-order valence-corrected chi connectivity index (χ3v) is 0.903. The number of hydrogen-bond acceptors (Lipinski definition) is 3. The van der Waals surface area contributed by atoms with Crippen LogP contribution in [0.3, 0.4) is 0 Å². The molecular formula is C8H14N2OU. The Morgan fingerprint density at radius 1 is 1.67 bits per heavy atom. The Labute approximate surface area is 97.9 Å². The van der Waals surface area contributed by atoms with E-state index in [1.54, 1.807) is 7.05 Å². The quantitative estimate of drug-likeness (QED) is 0.535. The van der Waals surface area contributed by atoms with Crippen molar-refractivity contribution >= 4 is 12.0 Å². The van der Waals surface area contributed by atoms with Gasteiger partial charge in [0, 0.05) is 0 Å². The zero-order chi connectivity index (χ0) is 9.11. The number of likely N-dealkylation sites (N-methyl/N-ethyl adjacent to an activating group) is 1. The van der Waals surface area contributed by atoms with Gasteiger partial charge in [-0.15, -0.1) is 0 Å². The summed E-state index contributed by atoms with van der Waals surface area (Å²) in [6.45, 7) is 7.40. The van der Waals surface area contributed by atoms with Gasteiger partial charge in [-0.3, -0.25) is 11.4 Å². The summed E-state index contributed by atoms with van der Waals surface area (Å²) in [5.74, 6) is 0.136. The molecule has 0 heterocycles. The second-order valence-electron chi connectivity index (χ2n) is 1.75. The molecule has 0 radical (unpaired) electrons. The molecule has 0 saturated heterocycles. The van der Waals surface area contributed by atoms with Gasteiger partial charge in [-0.05, 0) is 13.5 Å². The fourth-order valence-electron chi connectivity index (χ4n) is 0.487. The molecule has 0 aromatic rings. The molecule has 0 aliphatic rings. The van der Waals surface area contributed by atoms with Crippen LogP contribution < -0.4 is 5.32 Å². The van der Waals surface area contributed by atoms with E-state index in [9.17, 15) is 4.79 Å². The summed E-state index contributed by atoms with van der Waals surface area (Å²) in [4.78, 5) is 10.6. The van der Waals surface area contributed by atoms with Crippen LogP contribution in [0.4, 0.5) is 0 Å². The van der Waals surface area contributed by atoms with Crippen molar-refractivity contribution < 1.29 is 35.9 Å². The van der Waals surface area contributed by atoms with Crippen LogP contribution in [0.25, 0.3) is 0 Å². The number of carbonyl (C=O) groups excluding carboxylic acids is 1.